The van der Waals surface area contributed by atoms with Crippen LogP contribution in [-0.4, -0.2) is 17.3 Å². The monoisotopic (exact) mass is 336 g/mol. The second kappa shape index (κ2) is 7.28. The number of carbonyl (C=O) groups excluding carboxylic acids is 1. The first-order valence-corrected chi connectivity index (χ1v) is 8.17. The Labute approximate surface area is 146 Å². The molecule has 4 heteroatoms. The van der Waals surface area contributed by atoms with E-state index in [2.05, 4.69) is 10.3 Å². The van der Waals surface area contributed by atoms with Gasteiger partial charge in [-0.2, -0.15) is 0 Å². The second-order valence-corrected chi connectivity index (χ2v) is 5.76. The van der Waals surface area contributed by atoms with Crippen LogP contribution < -0.4 is 5.32 Å². The summed E-state index contributed by atoms with van der Waals surface area (Å²) in [6.45, 7) is 2.66. The fourth-order valence-electron chi connectivity index (χ4n) is 2.50. The third kappa shape index (κ3) is 3.47. The van der Waals surface area contributed by atoms with E-state index in [1.807, 2.05) is 49.4 Å². The van der Waals surface area contributed by atoms with Gasteiger partial charge in [-0.1, -0.05) is 54.1 Å². The summed E-state index contributed by atoms with van der Waals surface area (Å²) in [5.74, 6) is 0.490. The maximum absolute atomic E-state index is 12.8. The quantitative estimate of drug-likeness (QED) is 0.662. The van der Waals surface area contributed by atoms with Gasteiger partial charge in [0.1, 0.15) is 5.82 Å². The van der Waals surface area contributed by atoms with Gasteiger partial charge in [-0.05, 0) is 31.2 Å². The molecule has 3 aromatic rings. The predicted octanol–water partition coefficient (Wildman–Crippen LogP) is 5.06. The molecule has 0 bridgehead atoms. The van der Waals surface area contributed by atoms with Crippen molar-refractivity contribution in [2.45, 2.75) is 6.92 Å². The van der Waals surface area contributed by atoms with E-state index in [0.717, 1.165) is 11.3 Å². The minimum absolute atomic E-state index is 0.0967. The van der Waals surface area contributed by atoms with Crippen LogP contribution in [0.25, 0.3) is 11.3 Å². The maximum Gasteiger partial charge on any atom is 0.196 e. The van der Waals surface area contributed by atoms with Crippen LogP contribution in [0.1, 0.15) is 22.8 Å². The molecule has 0 aliphatic rings. The lowest BCUT2D eigenvalue weighted by Crippen LogP contribution is -2.10. The number of nitrogens with one attached hydrogen (secondary N) is 1. The number of nitrogens with zero attached hydrogens (tertiary/aromatic N) is 1. The van der Waals surface area contributed by atoms with Crippen molar-refractivity contribution < 1.29 is 4.79 Å². The Morgan fingerprint density at radius 1 is 1.04 bits per heavy atom. The van der Waals surface area contributed by atoms with Gasteiger partial charge in [-0.15, -0.1) is 0 Å². The molecule has 0 atom stereocenters. The van der Waals surface area contributed by atoms with Crippen molar-refractivity contribution in [1.29, 1.82) is 0 Å². The molecule has 0 saturated heterocycles. The summed E-state index contributed by atoms with van der Waals surface area (Å²) < 4.78 is 0. The Morgan fingerprint density at radius 2 is 1.83 bits per heavy atom. The number of carbonyl (C=O) groups is 1. The summed E-state index contributed by atoms with van der Waals surface area (Å²) in [5, 5.41) is 3.73. The van der Waals surface area contributed by atoms with Crippen LogP contribution in [0.2, 0.25) is 5.02 Å². The van der Waals surface area contributed by atoms with Gasteiger partial charge in [0.2, 0.25) is 0 Å². The van der Waals surface area contributed by atoms with Crippen LogP contribution in [0.3, 0.4) is 0 Å². The molecular weight excluding hydrogens is 320 g/mol. The third-order valence-electron chi connectivity index (χ3n) is 3.64. The average Bonchev–Trinajstić information content (AvgIpc) is 2.62. The van der Waals surface area contributed by atoms with Crippen LogP contribution >= 0.6 is 11.6 Å². The van der Waals surface area contributed by atoms with Crippen LogP contribution in [0.15, 0.2) is 66.7 Å². The van der Waals surface area contributed by atoms with E-state index in [4.69, 9.17) is 11.6 Å². The van der Waals surface area contributed by atoms with E-state index in [1.54, 1.807) is 24.3 Å². The minimum Gasteiger partial charge on any atom is -0.370 e. The zero-order valence-corrected chi connectivity index (χ0v) is 14.0. The number of benzene rings is 2. The Balaban J connectivity index is 2.03. The van der Waals surface area contributed by atoms with Gasteiger partial charge in [-0.3, -0.25) is 4.79 Å². The minimum atomic E-state index is -0.0967. The molecule has 3 nitrogen and oxygen atoms in total. The number of ketones is 1. The Bertz CT molecular complexity index is 863. The molecule has 0 unspecified atom stereocenters. The van der Waals surface area contributed by atoms with E-state index in [0.29, 0.717) is 28.5 Å². The molecular formula is C20H17ClN2O. The van der Waals surface area contributed by atoms with E-state index in [1.165, 1.54) is 0 Å². The van der Waals surface area contributed by atoms with Gasteiger partial charge in [0, 0.05) is 22.7 Å². The van der Waals surface area contributed by atoms with Crippen molar-refractivity contribution in [1.82, 2.24) is 4.98 Å². The number of aromatic nitrogens is 1. The van der Waals surface area contributed by atoms with Crippen molar-refractivity contribution in [2.75, 3.05) is 11.9 Å². The Kier molecular flexibility index (Phi) is 4.92. The van der Waals surface area contributed by atoms with Gasteiger partial charge in [-0.25, -0.2) is 4.98 Å². The van der Waals surface area contributed by atoms with E-state index in [-0.39, 0.29) is 5.78 Å². The van der Waals surface area contributed by atoms with Gasteiger partial charge >= 0.3 is 0 Å². The summed E-state index contributed by atoms with van der Waals surface area (Å²) >= 11 is 6.00. The van der Waals surface area contributed by atoms with Crippen molar-refractivity contribution in [3.05, 3.63) is 82.9 Å². The SMILES string of the molecule is CCNc1nc(-c2ccccc2)ccc1C(=O)c1cccc(Cl)c1. The fraction of sp³-hybridized carbons (Fsp3) is 0.100. The van der Waals surface area contributed by atoms with Gasteiger partial charge in [0.25, 0.3) is 0 Å². The maximum atomic E-state index is 12.8. The summed E-state index contributed by atoms with van der Waals surface area (Å²) in [6, 6.07) is 20.5. The molecule has 0 radical (unpaired) electrons. The first-order valence-electron chi connectivity index (χ1n) is 7.79. The molecule has 2 aromatic carbocycles. The van der Waals surface area contributed by atoms with E-state index >= 15 is 0 Å². The largest absolute Gasteiger partial charge is 0.370 e. The molecule has 0 spiro atoms. The highest BCUT2D eigenvalue weighted by molar-refractivity contribution is 6.31. The first kappa shape index (κ1) is 16.2. The topological polar surface area (TPSA) is 42.0 Å². The molecule has 1 N–H and O–H groups in total. The molecule has 0 fully saturated rings. The fourth-order valence-corrected chi connectivity index (χ4v) is 2.69. The molecule has 120 valence electrons. The summed E-state index contributed by atoms with van der Waals surface area (Å²) in [5.41, 5.74) is 2.93. The number of rotatable bonds is 5. The average molecular weight is 337 g/mol. The van der Waals surface area contributed by atoms with Crippen molar-refractivity contribution >= 4 is 23.2 Å². The van der Waals surface area contributed by atoms with Gasteiger partial charge in [0.05, 0.1) is 11.3 Å². The molecule has 0 saturated carbocycles. The van der Waals surface area contributed by atoms with Crippen LogP contribution in [0, 0.1) is 0 Å². The Hall–Kier alpha value is -2.65. The number of hydrogen-bond donors (Lipinski definition) is 1. The number of pyridine rings is 1. The molecule has 0 amide bonds. The molecule has 0 aliphatic carbocycles. The highest BCUT2D eigenvalue weighted by Crippen LogP contribution is 2.24. The van der Waals surface area contributed by atoms with Crippen molar-refractivity contribution in [2.24, 2.45) is 0 Å². The van der Waals surface area contributed by atoms with E-state index in [9.17, 15) is 4.79 Å². The van der Waals surface area contributed by atoms with Crippen LogP contribution in [-0.2, 0) is 0 Å². The lowest BCUT2D eigenvalue weighted by atomic mass is 10.0. The van der Waals surface area contributed by atoms with E-state index < -0.39 is 0 Å². The smallest absolute Gasteiger partial charge is 0.196 e. The zero-order chi connectivity index (χ0) is 16.9. The lowest BCUT2D eigenvalue weighted by Gasteiger charge is -2.11. The molecule has 1 heterocycles. The molecule has 3 rings (SSSR count). The lowest BCUT2D eigenvalue weighted by molar-refractivity contribution is 0.103. The molecule has 0 aliphatic heterocycles. The first-order chi connectivity index (χ1) is 11.7. The number of anilines is 1. The standard InChI is InChI=1S/C20H17ClN2O/c1-2-22-20-17(19(24)15-9-6-10-16(21)13-15)11-12-18(23-20)14-7-4-3-5-8-14/h3-13H,2H2,1H3,(H,22,23). The third-order valence-corrected chi connectivity index (χ3v) is 3.88. The summed E-state index contributed by atoms with van der Waals surface area (Å²) in [7, 11) is 0. The summed E-state index contributed by atoms with van der Waals surface area (Å²) in [4.78, 5) is 17.4. The summed E-state index contributed by atoms with van der Waals surface area (Å²) in [6.07, 6.45) is 0. The predicted molar refractivity (Wildman–Crippen MR) is 98.7 cm³/mol. The highest BCUT2D eigenvalue weighted by atomic mass is 35.5. The Morgan fingerprint density at radius 3 is 2.54 bits per heavy atom. The van der Waals surface area contributed by atoms with Gasteiger partial charge < -0.3 is 5.32 Å². The van der Waals surface area contributed by atoms with Gasteiger partial charge in [0.15, 0.2) is 5.78 Å². The van der Waals surface area contributed by atoms with Crippen LogP contribution in [0.5, 0.6) is 0 Å². The highest BCUT2D eigenvalue weighted by Gasteiger charge is 2.16. The van der Waals surface area contributed by atoms with Crippen LogP contribution in [0.4, 0.5) is 5.82 Å². The van der Waals surface area contributed by atoms with Crippen molar-refractivity contribution in [3.8, 4) is 11.3 Å². The second-order valence-electron chi connectivity index (χ2n) is 5.33. The molecule has 1 aromatic heterocycles. The molecule has 24 heavy (non-hydrogen) atoms. The van der Waals surface area contributed by atoms with Crippen molar-refractivity contribution in [3.63, 3.8) is 0 Å². The normalized spacial score (nSPS) is 10.4. The number of hydrogen-bond acceptors (Lipinski definition) is 3. The number of halogens is 1. The zero-order valence-electron chi connectivity index (χ0n) is 13.3.